The fraction of sp³-hybridized carbons (Fsp3) is 0.850. The van der Waals surface area contributed by atoms with Crippen molar-refractivity contribution >= 4 is 0 Å². The lowest BCUT2D eigenvalue weighted by Crippen LogP contribution is -2.41. The van der Waals surface area contributed by atoms with Crippen molar-refractivity contribution in [1.82, 2.24) is 9.78 Å². The van der Waals surface area contributed by atoms with Gasteiger partial charge in [0.2, 0.25) is 0 Å². The Morgan fingerprint density at radius 1 is 1.30 bits per heavy atom. The normalized spacial score (nSPS) is 28.0. The number of aryl methyl sites for hydroxylation is 1. The lowest BCUT2D eigenvalue weighted by atomic mass is 9.66. The van der Waals surface area contributed by atoms with E-state index in [0.29, 0.717) is 23.4 Å². The van der Waals surface area contributed by atoms with E-state index in [1.54, 1.807) is 0 Å². The maximum absolute atomic E-state index is 6.18. The van der Waals surface area contributed by atoms with Gasteiger partial charge >= 0.3 is 0 Å². The summed E-state index contributed by atoms with van der Waals surface area (Å²) in [4.78, 5) is 0. The number of hydrogen-bond acceptors (Lipinski definition) is 2. The number of hydrogen-bond donors (Lipinski definition) is 0. The van der Waals surface area contributed by atoms with E-state index < -0.39 is 0 Å². The van der Waals surface area contributed by atoms with Crippen LogP contribution in [0.4, 0.5) is 0 Å². The van der Waals surface area contributed by atoms with Gasteiger partial charge in [0.05, 0.1) is 6.10 Å². The largest absolute Gasteiger partial charge is 0.378 e. The van der Waals surface area contributed by atoms with Gasteiger partial charge in [-0.25, -0.2) is 0 Å². The summed E-state index contributed by atoms with van der Waals surface area (Å²) in [5.74, 6) is 1.95. The summed E-state index contributed by atoms with van der Waals surface area (Å²) in [6.45, 7) is 12.8. The molecule has 0 bridgehead atoms. The van der Waals surface area contributed by atoms with Crippen molar-refractivity contribution < 1.29 is 4.74 Å². The number of rotatable bonds is 7. The van der Waals surface area contributed by atoms with Gasteiger partial charge in [0.25, 0.3) is 0 Å². The van der Waals surface area contributed by atoms with E-state index in [1.165, 1.54) is 37.8 Å². The molecule has 3 heteroatoms. The monoisotopic (exact) mass is 320 g/mol. The first-order valence-corrected chi connectivity index (χ1v) is 9.49. The zero-order valence-electron chi connectivity index (χ0n) is 16.0. The first kappa shape index (κ1) is 18.5. The van der Waals surface area contributed by atoms with Crippen LogP contribution in [0.1, 0.15) is 78.3 Å². The summed E-state index contributed by atoms with van der Waals surface area (Å²) in [7, 11) is 2.04. The molecule has 0 aliphatic carbocycles. The van der Waals surface area contributed by atoms with E-state index in [1.807, 2.05) is 17.9 Å². The van der Waals surface area contributed by atoms with Crippen LogP contribution in [0.2, 0.25) is 0 Å². The van der Waals surface area contributed by atoms with E-state index >= 15 is 0 Å². The van der Waals surface area contributed by atoms with Crippen molar-refractivity contribution in [2.45, 2.75) is 78.7 Å². The van der Waals surface area contributed by atoms with Gasteiger partial charge in [-0.3, -0.25) is 4.68 Å². The van der Waals surface area contributed by atoms with E-state index in [-0.39, 0.29) is 0 Å². The molecule has 23 heavy (non-hydrogen) atoms. The molecule has 4 atom stereocenters. The molecule has 1 aromatic rings. The van der Waals surface area contributed by atoms with Gasteiger partial charge in [-0.05, 0) is 54.9 Å². The molecule has 1 fully saturated rings. The molecule has 0 saturated carbocycles. The number of aromatic nitrogens is 2. The predicted octanol–water partition coefficient (Wildman–Crippen LogP) is 5.17. The molecular weight excluding hydrogens is 284 g/mol. The third-order valence-electron chi connectivity index (χ3n) is 6.52. The van der Waals surface area contributed by atoms with Gasteiger partial charge < -0.3 is 4.74 Å². The standard InChI is InChI=1S/C20H36N2O/c1-7-20(15(2)3)11-13-23-19(14-20)17(5)9-8-16(4)18-10-12-21-22(18)6/h10,12,15-17,19H,7-9,11,13-14H2,1-6H3. The highest BCUT2D eigenvalue weighted by Crippen LogP contribution is 2.45. The third-order valence-corrected chi connectivity index (χ3v) is 6.52. The number of ether oxygens (including phenoxy) is 1. The van der Waals surface area contributed by atoms with Gasteiger partial charge in [-0.15, -0.1) is 0 Å². The van der Waals surface area contributed by atoms with Crippen LogP contribution in [-0.4, -0.2) is 22.5 Å². The molecule has 2 heterocycles. The molecule has 132 valence electrons. The van der Waals surface area contributed by atoms with Crippen LogP contribution in [0.15, 0.2) is 12.3 Å². The van der Waals surface area contributed by atoms with E-state index in [0.717, 1.165) is 12.5 Å². The minimum atomic E-state index is 0.435. The molecule has 1 aliphatic rings. The summed E-state index contributed by atoms with van der Waals surface area (Å²) in [6, 6.07) is 2.15. The average molecular weight is 321 g/mol. The maximum atomic E-state index is 6.18. The smallest absolute Gasteiger partial charge is 0.0606 e. The Kier molecular flexibility index (Phi) is 6.30. The van der Waals surface area contributed by atoms with Gasteiger partial charge in [0.1, 0.15) is 0 Å². The molecule has 0 radical (unpaired) electrons. The molecule has 0 spiro atoms. The van der Waals surface area contributed by atoms with Crippen molar-refractivity contribution in [3.05, 3.63) is 18.0 Å². The Morgan fingerprint density at radius 3 is 2.61 bits per heavy atom. The van der Waals surface area contributed by atoms with Crippen molar-refractivity contribution in [2.24, 2.45) is 24.3 Å². The van der Waals surface area contributed by atoms with Crippen LogP contribution in [0.25, 0.3) is 0 Å². The second-order valence-corrected chi connectivity index (χ2v) is 8.07. The van der Waals surface area contributed by atoms with Gasteiger partial charge in [0.15, 0.2) is 0 Å². The Morgan fingerprint density at radius 2 is 2.04 bits per heavy atom. The molecule has 1 saturated heterocycles. The van der Waals surface area contributed by atoms with Crippen molar-refractivity contribution in [3.8, 4) is 0 Å². The molecule has 1 aromatic heterocycles. The Balaban J connectivity index is 1.90. The second-order valence-electron chi connectivity index (χ2n) is 8.07. The lowest BCUT2D eigenvalue weighted by molar-refractivity contribution is -0.0911. The van der Waals surface area contributed by atoms with Crippen molar-refractivity contribution in [2.75, 3.05) is 6.61 Å². The predicted molar refractivity (Wildman–Crippen MR) is 96.6 cm³/mol. The van der Waals surface area contributed by atoms with Crippen molar-refractivity contribution in [1.29, 1.82) is 0 Å². The minimum absolute atomic E-state index is 0.435. The SMILES string of the molecule is CCC1(C(C)C)CCOC(C(C)CCC(C)c2ccnn2C)C1. The average Bonchev–Trinajstić information content (AvgIpc) is 2.98. The number of nitrogens with zero attached hydrogens (tertiary/aromatic N) is 2. The first-order chi connectivity index (χ1) is 10.9. The van der Waals surface area contributed by atoms with Crippen LogP contribution in [0.5, 0.6) is 0 Å². The maximum Gasteiger partial charge on any atom is 0.0606 e. The highest BCUT2D eigenvalue weighted by Gasteiger charge is 2.39. The van der Waals surface area contributed by atoms with Crippen LogP contribution in [-0.2, 0) is 11.8 Å². The highest BCUT2D eigenvalue weighted by molar-refractivity contribution is 5.06. The lowest BCUT2D eigenvalue weighted by Gasteiger charge is -2.45. The quantitative estimate of drug-likeness (QED) is 0.693. The molecule has 0 amide bonds. The summed E-state index contributed by atoms with van der Waals surface area (Å²) in [5.41, 5.74) is 1.83. The summed E-state index contributed by atoms with van der Waals surface area (Å²) < 4.78 is 8.18. The molecule has 0 N–H and O–H groups in total. The van der Waals surface area contributed by atoms with E-state index in [2.05, 4.69) is 45.8 Å². The molecule has 0 aromatic carbocycles. The molecular formula is C20H36N2O. The Bertz CT molecular complexity index is 482. The van der Waals surface area contributed by atoms with Gasteiger partial charge in [0, 0.05) is 25.5 Å². The fourth-order valence-corrected chi connectivity index (χ4v) is 4.31. The Labute approximate surface area is 142 Å². The zero-order valence-corrected chi connectivity index (χ0v) is 16.0. The van der Waals surface area contributed by atoms with E-state index in [9.17, 15) is 0 Å². The van der Waals surface area contributed by atoms with Crippen LogP contribution in [0, 0.1) is 17.3 Å². The van der Waals surface area contributed by atoms with Crippen LogP contribution in [0.3, 0.4) is 0 Å². The fourth-order valence-electron chi connectivity index (χ4n) is 4.31. The van der Waals surface area contributed by atoms with Crippen molar-refractivity contribution in [3.63, 3.8) is 0 Å². The zero-order chi connectivity index (χ0) is 17.0. The van der Waals surface area contributed by atoms with Crippen LogP contribution >= 0.6 is 0 Å². The van der Waals surface area contributed by atoms with Gasteiger partial charge in [-0.1, -0.05) is 41.0 Å². The molecule has 3 nitrogen and oxygen atoms in total. The van der Waals surface area contributed by atoms with Gasteiger partial charge in [-0.2, -0.15) is 5.10 Å². The minimum Gasteiger partial charge on any atom is -0.378 e. The summed E-state index contributed by atoms with van der Waals surface area (Å²) in [6.07, 6.45) is 8.53. The van der Waals surface area contributed by atoms with E-state index in [4.69, 9.17) is 4.74 Å². The summed E-state index contributed by atoms with van der Waals surface area (Å²) in [5, 5.41) is 4.30. The topological polar surface area (TPSA) is 27.1 Å². The molecule has 1 aliphatic heterocycles. The van der Waals surface area contributed by atoms with Crippen LogP contribution < -0.4 is 0 Å². The third kappa shape index (κ3) is 4.17. The second kappa shape index (κ2) is 7.83. The summed E-state index contributed by atoms with van der Waals surface area (Å²) >= 11 is 0. The molecule has 2 rings (SSSR count). The highest BCUT2D eigenvalue weighted by atomic mass is 16.5. The molecule has 4 unspecified atom stereocenters. The Hall–Kier alpha value is -0.830. The first-order valence-electron chi connectivity index (χ1n) is 9.49.